The second kappa shape index (κ2) is 9.34. The van der Waals surface area contributed by atoms with E-state index in [4.69, 9.17) is 17.3 Å². The van der Waals surface area contributed by atoms with E-state index >= 15 is 0 Å². The number of rotatable bonds is 6. The lowest BCUT2D eigenvalue weighted by molar-refractivity contribution is -0.133. The summed E-state index contributed by atoms with van der Waals surface area (Å²) in [6.45, 7) is 6.75. The van der Waals surface area contributed by atoms with E-state index in [9.17, 15) is 4.79 Å². The van der Waals surface area contributed by atoms with Crippen LogP contribution in [-0.2, 0) is 4.79 Å². The van der Waals surface area contributed by atoms with Gasteiger partial charge in [0.05, 0.1) is 18.3 Å². The molecule has 0 bridgehead atoms. The maximum absolute atomic E-state index is 12.7. The van der Waals surface area contributed by atoms with E-state index in [1.165, 1.54) is 0 Å². The van der Waals surface area contributed by atoms with Crippen molar-refractivity contribution in [2.24, 2.45) is 0 Å². The molecular formula is C21H28ClN5O. The first kappa shape index (κ1) is 20.6. The molecule has 1 aromatic heterocycles. The largest absolute Gasteiger partial charge is 0.368 e. The predicted molar refractivity (Wildman–Crippen MR) is 113 cm³/mol. The Morgan fingerprint density at radius 3 is 2.64 bits per heavy atom. The minimum Gasteiger partial charge on any atom is -0.368 e. The highest BCUT2D eigenvalue weighted by atomic mass is 35.5. The predicted octanol–water partition coefficient (Wildman–Crippen LogP) is 3.77. The van der Waals surface area contributed by atoms with E-state index in [1.54, 1.807) is 6.20 Å². The summed E-state index contributed by atoms with van der Waals surface area (Å²) in [6, 6.07) is 7.70. The number of nitrogens with zero attached hydrogens (tertiary/aromatic N) is 4. The van der Waals surface area contributed by atoms with E-state index in [2.05, 4.69) is 14.9 Å². The van der Waals surface area contributed by atoms with Crippen LogP contribution in [-0.4, -0.2) is 51.9 Å². The third kappa shape index (κ3) is 4.62. The average molecular weight is 402 g/mol. The molecule has 7 heteroatoms. The Morgan fingerprint density at radius 2 is 1.96 bits per heavy atom. The van der Waals surface area contributed by atoms with Crippen molar-refractivity contribution in [2.75, 3.05) is 31.9 Å². The molecule has 1 aromatic carbocycles. The Balaban J connectivity index is 1.94. The molecule has 6 nitrogen and oxygen atoms in total. The molecule has 1 amide bonds. The fourth-order valence-corrected chi connectivity index (χ4v) is 3.98. The number of hydrogen-bond donors (Lipinski definition) is 1. The molecule has 2 N–H and O–H groups in total. The van der Waals surface area contributed by atoms with Crippen molar-refractivity contribution in [2.45, 2.75) is 39.2 Å². The van der Waals surface area contributed by atoms with Gasteiger partial charge in [-0.25, -0.2) is 9.97 Å². The monoisotopic (exact) mass is 401 g/mol. The van der Waals surface area contributed by atoms with Gasteiger partial charge in [-0.1, -0.05) is 30.2 Å². The van der Waals surface area contributed by atoms with Gasteiger partial charge in [0.25, 0.3) is 0 Å². The van der Waals surface area contributed by atoms with Crippen LogP contribution in [0.1, 0.15) is 44.8 Å². The molecule has 1 saturated heterocycles. The first-order valence-corrected chi connectivity index (χ1v) is 10.3. The minimum absolute atomic E-state index is 0.0456. The molecule has 150 valence electrons. The van der Waals surface area contributed by atoms with E-state index < -0.39 is 0 Å². The van der Waals surface area contributed by atoms with E-state index in [1.807, 2.05) is 43.0 Å². The Hall–Kier alpha value is -2.18. The lowest BCUT2D eigenvalue weighted by atomic mass is 9.94. The lowest BCUT2D eigenvalue weighted by Crippen LogP contribution is -2.43. The molecular weight excluding hydrogens is 374 g/mol. The van der Waals surface area contributed by atoms with Crippen LogP contribution in [0.25, 0.3) is 11.1 Å². The zero-order chi connectivity index (χ0) is 20.1. The second-order valence-electron chi connectivity index (χ2n) is 7.08. The van der Waals surface area contributed by atoms with Crippen molar-refractivity contribution in [3.8, 4) is 11.1 Å². The molecule has 1 aliphatic rings. The van der Waals surface area contributed by atoms with Crippen molar-refractivity contribution in [1.29, 1.82) is 0 Å². The molecule has 2 aromatic rings. The smallest absolute Gasteiger partial charge is 0.236 e. The number of aromatic nitrogens is 2. The quantitative estimate of drug-likeness (QED) is 0.797. The summed E-state index contributed by atoms with van der Waals surface area (Å²) in [4.78, 5) is 25.7. The van der Waals surface area contributed by atoms with Crippen molar-refractivity contribution in [3.63, 3.8) is 0 Å². The molecule has 1 fully saturated rings. The molecule has 0 spiro atoms. The van der Waals surface area contributed by atoms with E-state index in [0.717, 1.165) is 55.7 Å². The summed E-state index contributed by atoms with van der Waals surface area (Å²) in [5.74, 6) is 0.417. The molecule has 1 atom stereocenters. The average Bonchev–Trinajstić information content (AvgIpc) is 2.70. The lowest BCUT2D eigenvalue weighted by Gasteiger charge is -2.36. The third-order valence-electron chi connectivity index (χ3n) is 5.38. The maximum Gasteiger partial charge on any atom is 0.236 e. The summed E-state index contributed by atoms with van der Waals surface area (Å²) >= 11 is 6.05. The van der Waals surface area contributed by atoms with Crippen LogP contribution >= 0.6 is 11.6 Å². The topological polar surface area (TPSA) is 75.4 Å². The van der Waals surface area contributed by atoms with Crippen LogP contribution in [0, 0.1) is 0 Å². The molecule has 0 radical (unpaired) electrons. The van der Waals surface area contributed by atoms with Crippen molar-refractivity contribution >= 4 is 23.5 Å². The molecule has 3 rings (SSSR count). The summed E-state index contributed by atoms with van der Waals surface area (Å²) in [5, 5.41) is 0.686. The van der Waals surface area contributed by atoms with Crippen LogP contribution in [0.4, 0.5) is 5.95 Å². The van der Waals surface area contributed by atoms with E-state index in [0.29, 0.717) is 11.6 Å². The number of likely N-dealkylation sites (tertiary alicyclic amines) is 1. The maximum atomic E-state index is 12.7. The van der Waals surface area contributed by atoms with Gasteiger partial charge in [-0.05, 0) is 50.9 Å². The number of nitrogen functional groups attached to an aromatic ring is 1. The SMILES string of the molecule is CCN(CC)C(=O)CN1CCCCC1c1nc(N)ncc1-c1ccc(Cl)cc1. The Morgan fingerprint density at radius 1 is 1.25 bits per heavy atom. The van der Waals surface area contributed by atoms with Gasteiger partial charge in [-0.2, -0.15) is 0 Å². The van der Waals surface area contributed by atoms with Crippen LogP contribution in [0.15, 0.2) is 30.5 Å². The fourth-order valence-electron chi connectivity index (χ4n) is 3.86. The first-order valence-electron chi connectivity index (χ1n) is 9.93. The van der Waals surface area contributed by atoms with Crippen molar-refractivity contribution in [3.05, 3.63) is 41.2 Å². The summed E-state index contributed by atoms with van der Waals surface area (Å²) in [7, 11) is 0. The number of carbonyl (C=O) groups is 1. The Kier molecular flexibility index (Phi) is 6.86. The van der Waals surface area contributed by atoms with Crippen LogP contribution in [0.5, 0.6) is 0 Å². The van der Waals surface area contributed by atoms with Gasteiger partial charge < -0.3 is 10.6 Å². The molecule has 0 saturated carbocycles. The minimum atomic E-state index is 0.0456. The summed E-state index contributed by atoms with van der Waals surface area (Å²) in [5.41, 5.74) is 8.77. The van der Waals surface area contributed by atoms with Crippen molar-refractivity contribution < 1.29 is 4.79 Å². The Labute approximate surface area is 171 Å². The zero-order valence-corrected chi connectivity index (χ0v) is 17.3. The number of nitrogens with two attached hydrogens (primary N) is 1. The molecule has 0 aliphatic carbocycles. The summed E-state index contributed by atoms with van der Waals surface area (Å²) < 4.78 is 0. The van der Waals surface area contributed by atoms with Crippen LogP contribution < -0.4 is 5.73 Å². The van der Waals surface area contributed by atoms with Gasteiger partial charge in [0.1, 0.15) is 0 Å². The highest BCUT2D eigenvalue weighted by molar-refractivity contribution is 6.30. The molecule has 28 heavy (non-hydrogen) atoms. The zero-order valence-electron chi connectivity index (χ0n) is 16.6. The number of piperidine rings is 1. The number of amides is 1. The van der Waals surface area contributed by atoms with Gasteiger partial charge in [0.15, 0.2) is 0 Å². The van der Waals surface area contributed by atoms with Gasteiger partial charge in [-0.3, -0.25) is 9.69 Å². The number of hydrogen-bond acceptors (Lipinski definition) is 5. The highest BCUT2D eigenvalue weighted by Crippen LogP contribution is 2.36. The highest BCUT2D eigenvalue weighted by Gasteiger charge is 2.30. The third-order valence-corrected chi connectivity index (χ3v) is 5.63. The second-order valence-corrected chi connectivity index (χ2v) is 7.52. The number of likely N-dealkylation sites (N-methyl/N-ethyl adjacent to an activating group) is 1. The van der Waals surface area contributed by atoms with Gasteiger partial charge in [0, 0.05) is 29.9 Å². The molecule has 1 unspecified atom stereocenters. The first-order chi connectivity index (χ1) is 13.5. The van der Waals surface area contributed by atoms with Crippen LogP contribution in [0.2, 0.25) is 5.02 Å². The van der Waals surface area contributed by atoms with Crippen LogP contribution in [0.3, 0.4) is 0 Å². The number of benzene rings is 1. The number of carbonyl (C=O) groups excluding carboxylic acids is 1. The van der Waals surface area contributed by atoms with E-state index in [-0.39, 0.29) is 17.9 Å². The van der Waals surface area contributed by atoms with Crippen molar-refractivity contribution in [1.82, 2.24) is 19.8 Å². The fraction of sp³-hybridized carbons (Fsp3) is 0.476. The normalized spacial score (nSPS) is 17.5. The van der Waals surface area contributed by atoms with Gasteiger partial charge >= 0.3 is 0 Å². The van der Waals surface area contributed by atoms with Gasteiger partial charge in [-0.15, -0.1) is 0 Å². The summed E-state index contributed by atoms with van der Waals surface area (Å²) in [6.07, 6.45) is 4.91. The Bertz CT molecular complexity index is 807. The molecule has 2 heterocycles. The molecule has 1 aliphatic heterocycles. The standard InChI is InChI=1S/C21H28ClN5O/c1-3-26(4-2)19(28)14-27-12-6-5-7-18(27)20-17(13-24-21(23)25-20)15-8-10-16(22)11-9-15/h8-11,13,18H,3-7,12,14H2,1-2H3,(H2,23,24,25). The van der Waals surface area contributed by atoms with Gasteiger partial charge in [0.2, 0.25) is 11.9 Å². The number of anilines is 1. The number of halogens is 1.